The van der Waals surface area contributed by atoms with Gasteiger partial charge >= 0.3 is 5.97 Å². The van der Waals surface area contributed by atoms with Gasteiger partial charge in [-0.2, -0.15) is 0 Å². The molecule has 0 saturated heterocycles. The highest BCUT2D eigenvalue weighted by atomic mass is 35.5. The molecule has 0 aromatic heterocycles. The average Bonchev–Trinajstić information content (AvgIpc) is 3.12. The molecule has 3 rings (SSSR count). The Balaban J connectivity index is 1.66. The molecule has 0 aliphatic heterocycles. The van der Waals surface area contributed by atoms with Gasteiger partial charge in [-0.1, -0.05) is 62.2 Å². The molecule has 214 valence electrons. The Morgan fingerprint density at radius 3 is 2.17 bits per heavy atom. The van der Waals surface area contributed by atoms with Gasteiger partial charge in [0.15, 0.2) is 0 Å². The van der Waals surface area contributed by atoms with Gasteiger partial charge in [0, 0.05) is 18.0 Å². The minimum atomic E-state index is -1.22. The highest BCUT2D eigenvalue weighted by Gasteiger charge is 2.58. The van der Waals surface area contributed by atoms with Crippen LogP contribution in [0.25, 0.3) is 0 Å². The van der Waals surface area contributed by atoms with Crippen LogP contribution in [-0.4, -0.2) is 47.3 Å². The van der Waals surface area contributed by atoms with Crippen molar-refractivity contribution >= 4 is 58.5 Å². The molecule has 2 aromatic carbocycles. The first-order chi connectivity index (χ1) is 18.7. The zero-order valence-corrected chi connectivity index (χ0v) is 23.9. The molecule has 0 unspecified atom stereocenters. The number of hydrogen-bond acceptors (Lipinski definition) is 5. The Morgan fingerprint density at radius 2 is 1.62 bits per heavy atom. The van der Waals surface area contributed by atoms with Crippen LogP contribution in [0.1, 0.15) is 49.5 Å². The molecule has 0 spiro atoms. The molecule has 4 amide bonds. The molecule has 3 atom stereocenters. The summed E-state index contributed by atoms with van der Waals surface area (Å²) in [7, 11) is 0. The molecule has 0 radical (unpaired) electrons. The summed E-state index contributed by atoms with van der Waals surface area (Å²) in [5, 5.41) is 18.1. The lowest BCUT2D eigenvalue weighted by atomic mass is 9.65. The Kier molecular flexibility index (Phi) is 9.48. The second kappa shape index (κ2) is 12.3. The SMILES string of the molecule is CC1(C)[C@H](C(=O)N[C@@H](Cc2ccc(NC(=O)c3c(Cl)cccc3Cl)cc2)C(=O)O)CC[C@]1(C)C(=O)NCC(N)=O. The molecule has 2 aromatic rings. The lowest BCUT2D eigenvalue weighted by Crippen LogP contribution is -2.52. The molecule has 0 heterocycles. The first-order valence-corrected chi connectivity index (χ1v) is 13.4. The summed E-state index contributed by atoms with van der Waals surface area (Å²) in [5.74, 6) is -3.86. The molecule has 40 heavy (non-hydrogen) atoms. The van der Waals surface area contributed by atoms with Crippen molar-refractivity contribution in [2.24, 2.45) is 22.5 Å². The number of anilines is 1. The maximum atomic E-state index is 13.3. The Hall–Kier alpha value is -3.63. The van der Waals surface area contributed by atoms with Gasteiger partial charge in [0.1, 0.15) is 6.04 Å². The number of aliphatic carboxylic acids is 1. The van der Waals surface area contributed by atoms with Crippen LogP contribution in [0.15, 0.2) is 42.5 Å². The number of hydrogen-bond donors (Lipinski definition) is 5. The number of nitrogens with one attached hydrogen (secondary N) is 3. The fourth-order valence-corrected chi connectivity index (χ4v) is 5.64. The summed E-state index contributed by atoms with van der Waals surface area (Å²) in [6.45, 7) is 4.99. The predicted molar refractivity (Wildman–Crippen MR) is 151 cm³/mol. The van der Waals surface area contributed by atoms with E-state index in [0.29, 0.717) is 24.1 Å². The number of carbonyl (C=O) groups excluding carboxylic acids is 4. The molecule has 1 aliphatic carbocycles. The maximum Gasteiger partial charge on any atom is 0.326 e. The molecule has 10 nitrogen and oxygen atoms in total. The van der Waals surface area contributed by atoms with Crippen molar-refractivity contribution in [3.05, 3.63) is 63.6 Å². The first kappa shape index (κ1) is 30.9. The lowest BCUT2D eigenvalue weighted by Gasteiger charge is -2.40. The summed E-state index contributed by atoms with van der Waals surface area (Å²) in [6, 6.07) is 10.0. The monoisotopic (exact) mass is 590 g/mol. The van der Waals surface area contributed by atoms with Crippen molar-refractivity contribution in [3.63, 3.8) is 0 Å². The van der Waals surface area contributed by atoms with E-state index in [-0.39, 0.29) is 34.5 Å². The second-order valence-electron chi connectivity index (χ2n) is 10.6. The Labute approximate surface area is 242 Å². The number of amides is 4. The number of rotatable bonds is 10. The van der Waals surface area contributed by atoms with E-state index in [4.69, 9.17) is 28.9 Å². The van der Waals surface area contributed by atoms with E-state index in [1.54, 1.807) is 63.2 Å². The Bertz CT molecular complexity index is 1310. The van der Waals surface area contributed by atoms with Crippen LogP contribution in [0.3, 0.4) is 0 Å². The quantitative estimate of drug-likeness (QED) is 0.284. The van der Waals surface area contributed by atoms with E-state index in [0.717, 1.165) is 0 Å². The number of carboxylic acids is 1. The molecular formula is C28H32Cl2N4O6. The van der Waals surface area contributed by atoms with Crippen molar-refractivity contribution in [1.82, 2.24) is 10.6 Å². The van der Waals surface area contributed by atoms with Crippen molar-refractivity contribution < 1.29 is 29.1 Å². The van der Waals surface area contributed by atoms with E-state index in [1.807, 2.05) is 0 Å². The van der Waals surface area contributed by atoms with Crippen LogP contribution in [0, 0.1) is 16.7 Å². The molecule has 0 bridgehead atoms. The smallest absolute Gasteiger partial charge is 0.326 e. The van der Waals surface area contributed by atoms with Crippen LogP contribution in [0.4, 0.5) is 5.69 Å². The maximum absolute atomic E-state index is 13.3. The zero-order chi connectivity index (χ0) is 29.8. The summed E-state index contributed by atoms with van der Waals surface area (Å²) in [4.78, 5) is 61.8. The summed E-state index contributed by atoms with van der Waals surface area (Å²) < 4.78 is 0. The van der Waals surface area contributed by atoms with Gasteiger partial charge in [0.25, 0.3) is 5.91 Å². The number of benzene rings is 2. The van der Waals surface area contributed by atoms with Crippen molar-refractivity contribution in [1.29, 1.82) is 0 Å². The number of primary amides is 1. The van der Waals surface area contributed by atoms with E-state index >= 15 is 0 Å². The number of carboxylic acid groups (broad SMARTS) is 1. The number of nitrogens with two attached hydrogens (primary N) is 1. The molecule has 1 aliphatic rings. The van der Waals surface area contributed by atoms with Gasteiger partial charge in [0.05, 0.1) is 27.6 Å². The Morgan fingerprint density at radius 1 is 1.02 bits per heavy atom. The average molecular weight is 591 g/mol. The van der Waals surface area contributed by atoms with E-state index < -0.39 is 46.5 Å². The van der Waals surface area contributed by atoms with E-state index in [9.17, 15) is 29.1 Å². The van der Waals surface area contributed by atoms with Gasteiger partial charge < -0.3 is 26.8 Å². The van der Waals surface area contributed by atoms with Gasteiger partial charge in [-0.05, 0) is 48.1 Å². The van der Waals surface area contributed by atoms with Crippen LogP contribution in [0.2, 0.25) is 10.0 Å². The van der Waals surface area contributed by atoms with Gasteiger partial charge in [-0.25, -0.2) is 4.79 Å². The normalized spacial score (nSPS) is 20.3. The molecule has 6 N–H and O–H groups in total. The summed E-state index contributed by atoms with van der Waals surface area (Å²) in [6.07, 6.45) is 0.748. The first-order valence-electron chi connectivity index (χ1n) is 12.6. The summed E-state index contributed by atoms with van der Waals surface area (Å²) in [5.41, 5.74) is 4.55. The van der Waals surface area contributed by atoms with Crippen LogP contribution < -0.4 is 21.7 Å². The topological polar surface area (TPSA) is 168 Å². The third kappa shape index (κ3) is 6.56. The fourth-order valence-electron chi connectivity index (χ4n) is 5.07. The second-order valence-corrected chi connectivity index (χ2v) is 11.5. The predicted octanol–water partition coefficient (Wildman–Crippen LogP) is 3.40. The molecule has 12 heteroatoms. The zero-order valence-electron chi connectivity index (χ0n) is 22.3. The lowest BCUT2D eigenvalue weighted by molar-refractivity contribution is -0.145. The number of halogens is 2. The standard InChI is InChI=1S/C28H32Cl2N4O6/c1-27(2)17(11-12-28(27,3)26(40)32-14-21(31)35)23(36)34-20(25(38)39)13-15-7-9-16(10-8-15)33-24(37)22-18(29)5-4-6-19(22)30/h4-10,17,20H,11-14H2,1-3H3,(H2,31,35)(H,32,40)(H,33,37)(H,34,36)(H,38,39)/t17-,20-,28+/m0/s1. The van der Waals surface area contributed by atoms with Crippen molar-refractivity contribution in [3.8, 4) is 0 Å². The largest absolute Gasteiger partial charge is 0.480 e. The third-order valence-corrected chi connectivity index (χ3v) is 8.55. The molecule has 1 saturated carbocycles. The minimum Gasteiger partial charge on any atom is -0.480 e. The van der Waals surface area contributed by atoms with Gasteiger partial charge in [-0.3, -0.25) is 19.2 Å². The van der Waals surface area contributed by atoms with Crippen LogP contribution >= 0.6 is 23.2 Å². The van der Waals surface area contributed by atoms with Crippen LogP contribution in [-0.2, 0) is 25.6 Å². The number of carbonyl (C=O) groups is 5. The van der Waals surface area contributed by atoms with Crippen molar-refractivity contribution in [2.45, 2.75) is 46.1 Å². The van der Waals surface area contributed by atoms with Crippen LogP contribution in [0.5, 0.6) is 0 Å². The highest BCUT2D eigenvalue weighted by molar-refractivity contribution is 6.40. The fraction of sp³-hybridized carbons (Fsp3) is 0.393. The molecule has 1 fully saturated rings. The van der Waals surface area contributed by atoms with Gasteiger partial charge in [-0.15, -0.1) is 0 Å². The van der Waals surface area contributed by atoms with Gasteiger partial charge in [0.2, 0.25) is 17.7 Å². The highest BCUT2D eigenvalue weighted by Crippen LogP contribution is 2.56. The van der Waals surface area contributed by atoms with E-state index in [2.05, 4.69) is 16.0 Å². The van der Waals surface area contributed by atoms with E-state index in [1.165, 1.54) is 0 Å². The summed E-state index contributed by atoms with van der Waals surface area (Å²) >= 11 is 12.2. The third-order valence-electron chi connectivity index (χ3n) is 7.92. The minimum absolute atomic E-state index is 0.00481. The molecular weight excluding hydrogens is 559 g/mol. The van der Waals surface area contributed by atoms with Crippen molar-refractivity contribution in [2.75, 3.05) is 11.9 Å².